The van der Waals surface area contributed by atoms with E-state index < -0.39 is 5.97 Å². The second-order valence-corrected chi connectivity index (χ2v) is 7.37. The SMILES string of the molecule is CCN(CC(=O)O)C1CC(NC(=O)NCc2nc(C(C)C)cs2)C1. The van der Waals surface area contributed by atoms with Crippen molar-refractivity contribution in [3.05, 3.63) is 16.1 Å². The Labute approximate surface area is 146 Å². The van der Waals surface area contributed by atoms with E-state index in [1.807, 2.05) is 17.2 Å². The Kier molecular flexibility index (Phi) is 6.56. The maximum atomic E-state index is 11.9. The van der Waals surface area contributed by atoms with Gasteiger partial charge in [-0.25, -0.2) is 9.78 Å². The first-order valence-electron chi connectivity index (χ1n) is 8.33. The minimum Gasteiger partial charge on any atom is -0.480 e. The maximum absolute atomic E-state index is 11.9. The van der Waals surface area contributed by atoms with Gasteiger partial charge in [0.1, 0.15) is 5.01 Å². The zero-order chi connectivity index (χ0) is 17.7. The molecule has 7 nitrogen and oxygen atoms in total. The third-order valence-electron chi connectivity index (χ3n) is 4.27. The quantitative estimate of drug-likeness (QED) is 0.664. The van der Waals surface area contributed by atoms with Gasteiger partial charge in [0.15, 0.2) is 0 Å². The number of nitrogens with one attached hydrogen (secondary N) is 2. The van der Waals surface area contributed by atoms with Crippen molar-refractivity contribution in [3.63, 3.8) is 0 Å². The summed E-state index contributed by atoms with van der Waals surface area (Å²) in [6, 6.07) is 0.158. The van der Waals surface area contributed by atoms with Crippen LogP contribution in [0.4, 0.5) is 4.79 Å². The molecule has 8 heteroatoms. The molecule has 0 aliphatic heterocycles. The lowest BCUT2D eigenvalue weighted by Crippen LogP contribution is -2.56. The Hall–Kier alpha value is -1.67. The smallest absolute Gasteiger partial charge is 0.317 e. The largest absolute Gasteiger partial charge is 0.480 e. The number of urea groups is 1. The summed E-state index contributed by atoms with van der Waals surface area (Å²) in [5.41, 5.74) is 1.05. The number of amides is 2. The van der Waals surface area contributed by atoms with Crippen molar-refractivity contribution in [1.29, 1.82) is 0 Å². The predicted octanol–water partition coefficient (Wildman–Crippen LogP) is 2.00. The van der Waals surface area contributed by atoms with Crippen LogP contribution in [0.3, 0.4) is 0 Å². The van der Waals surface area contributed by atoms with Gasteiger partial charge in [0.25, 0.3) is 0 Å². The Morgan fingerprint density at radius 3 is 2.71 bits per heavy atom. The molecule has 1 aromatic rings. The molecule has 1 heterocycles. The van der Waals surface area contributed by atoms with E-state index in [0.29, 0.717) is 19.0 Å². The van der Waals surface area contributed by atoms with Crippen LogP contribution in [0, 0.1) is 0 Å². The molecule has 0 radical (unpaired) electrons. The molecule has 0 bridgehead atoms. The lowest BCUT2D eigenvalue weighted by molar-refractivity contribution is -0.139. The lowest BCUT2D eigenvalue weighted by Gasteiger charge is -2.42. The van der Waals surface area contributed by atoms with E-state index in [0.717, 1.165) is 23.5 Å². The molecule has 0 aromatic carbocycles. The third kappa shape index (κ3) is 5.17. The molecule has 0 unspecified atom stereocenters. The number of carbonyl (C=O) groups excluding carboxylic acids is 1. The van der Waals surface area contributed by atoms with Crippen molar-refractivity contribution in [3.8, 4) is 0 Å². The van der Waals surface area contributed by atoms with Gasteiger partial charge in [-0.05, 0) is 25.3 Å². The number of carboxylic acid groups (broad SMARTS) is 1. The van der Waals surface area contributed by atoms with Crippen LogP contribution < -0.4 is 10.6 Å². The number of carbonyl (C=O) groups is 2. The molecule has 2 amide bonds. The normalized spacial score (nSPS) is 20.0. The Morgan fingerprint density at radius 1 is 1.46 bits per heavy atom. The molecule has 3 N–H and O–H groups in total. The number of hydrogen-bond donors (Lipinski definition) is 3. The molecule has 24 heavy (non-hydrogen) atoms. The predicted molar refractivity (Wildman–Crippen MR) is 93.3 cm³/mol. The van der Waals surface area contributed by atoms with Crippen molar-refractivity contribution in [1.82, 2.24) is 20.5 Å². The van der Waals surface area contributed by atoms with Gasteiger partial charge in [-0.2, -0.15) is 0 Å². The molecule has 0 spiro atoms. The standard InChI is InChI=1S/C16H26N4O3S/c1-4-20(8-15(21)22)12-5-11(6-12)18-16(23)17-7-14-19-13(9-24-14)10(2)3/h9-12H,4-8H2,1-3H3,(H,21,22)(H2,17,18,23). The Morgan fingerprint density at radius 2 is 2.17 bits per heavy atom. The van der Waals surface area contributed by atoms with Gasteiger partial charge >= 0.3 is 12.0 Å². The van der Waals surface area contributed by atoms with Crippen LogP contribution in [0.25, 0.3) is 0 Å². The number of nitrogens with zero attached hydrogens (tertiary/aromatic N) is 2. The zero-order valence-corrected chi connectivity index (χ0v) is 15.2. The molecule has 2 rings (SSSR count). The van der Waals surface area contributed by atoms with Crippen molar-refractivity contribution >= 4 is 23.3 Å². The highest BCUT2D eigenvalue weighted by Crippen LogP contribution is 2.25. The van der Waals surface area contributed by atoms with Crippen molar-refractivity contribution < 1.29 is 14.7 Å². The van der Waals surface area contributed by atoms with E-state index in [9.17, 15) is 9.59 Å². The number of carboxylic acids is 1. The van der Waals surface area contributed by atoms with Crippen LogP contribution >= 0.6 is 11.3 Å². The van der Waals surface area contributed by atoms with Gasteiger partial charge in [0, 0.05) is 17.5 Å². The van der Waals surface area contributed by atoms with E-state index >= 15 is 0 Å². The summed E-state index contributed by atoms with van der Waals surface area (Å²) in [7, 11) is 0. The molecule has 0 atom stereocenters. The molecule has 0 saturated heterocycles. The zero-order valence-electron chi connectivity index (χ0n) is 14.4. The van der Waals surface area contributed by atoms with Gasteiger partial charge < -0.3 is 15.7 Å². The van der Waals surface area contributed by atoms with Crippen LogP contribution in [0.5, 0.6) is 0 Å². The summed E-state index contributed by atoms with van der Waals surface area (Å²) < 4.78 is 0. The highest BCUT2D eigenvalue weighted by atomic mass is 32.1. The number of rotatable bonds is 8. The summed E-state index contributed by atoms with van der Waals surface area (Å²) in [4.78, 5) is 29.2. The third-order valence-corrected chi connectivity index (χ3v) is 5.14. The molecule has 134 valence electrons. The summed E-state index contributed by atoms with van der Waals surface area (Å²) in [6.45, 7) is 7.33. The van der Waals surface area contributed by atoms with Crippen molar-refractivity contribution in [2.45, 2.75) is 58.2 Å². The summed E-state index contributed by atoms with van der Waals surface area (Å²) in [5, 5.41) is 17.6. The summed E-state index contributed by atoms with van der Waals surface area (Å²) in [6.07, 6.45) is 1.59. The van der Waals surface area contributed by atoms with Crippen LogP contribution in [-0.4, -0.2) is 52.2 Å². The lowest BCUT2D eigenvalue weighted by atomic mass is 9.85. The van der Waals surface area contributed by atoms with Crippen LogP contribution in [-0.2, 0) is 11.3 Å². The Bertz CT molecular complexity index is 569. The molecule has 1 aliphatic rings. The van der Waals surface area contributed by atoms with Crippen LogP contribution in [0.15, 0.2) is 5.38 Å². The number of aromatic nitrogens is 1. The average molecular weight is 354 g/mol. The maximum Gasteiger partial charge on any atom is 0.317 e. The summed E-state index contributed by atoms with van der Waals surface area (Å²) in [5.74, 6) is -0.418. The molecular weight excluding hydrogens is 328 g/mol. The first kappa shape index (κ1) is 18.7. The van der Waals surface area contributed by atoms with Crippen LogP contribution in [0.2, 0.25) is 0 Å². The van der Waals surface area contributed by atoms with Gasteiger partial charge in [-0.15, -0.1) is 11.3 Å². The summed E-state index contributed by atoms with van der Waals surface area (Å²) >= 11 is 1.56. The van der Waals surface area contributed by atoms with Gasteiger partial charge in [0.05, 0.1) is 18.8 Å². The molecule has 1 saturated carbocycles. The number of hydrogen-bond acceptors (Lipinski definition) is 5. The molecule has 1 aliphatic carbocycles. The number of aliphatic carboxylic acids is 1. The highest BCUT2D eigenvalue weighted by molar-refractivity contribution is 7.09. The second-order valence-electron chi connectivity index (χ2n) is 6.43. The topological polar surface area (TPSA) is 94.6 Å². The Balaban J connectivity index is 1.68. The number of likely N-dealkylation sites (N-methyl/N-ethyl adjacent to an activating group) is 1. The first-order chi connectivity index (χ1) is 11.4. The van der Waals surface area contributed by atoms with E-state index in [2.05, 4.69) is 29.5 Å². The second kappa shape index (κ2) is 8.43. The number of thiazole rings is 1. The highest BCUT2D eigenvalue weighted by Gasteiger charge is 2.34. The van der Waals surface area contributed by atoms with Crippen molar-refractivity contribution in [2.24, 2.45) is 0 Å². The van der Waals surface area contributed by atoms with E-state index in [4.69, 9.17) is 5.11 Å². The molecule has 1 fully saturated rings. The minimum atomic E-state index is -0.810. The fourth-order valence-electron chi connectivity index (χ4n) is 2.74. The van der Waals surface area contributed by atoms with Gasteiger partial charge in [-0.3, -0.25) is 9.69 Å². The van der Waals surface area contributed by atoms with E-state index in [-0.39, 0.29) is 24.7 Å². The van der Waals surface area contributed by atoms with Gasteiger partial charge in [-0.1, -0.05) is 20.8 Å². The fraction of sp³-hybridized carbons (Fsp3) is 0.688. The molecule has 1 aromatic heterocycles. The van der Waals surface area contributed by atoms with E-state index in [1.54, 1.807) is 11.3 Å². The monoisotopic (exact) mass is 354 g/mol. The molecular formula is C16H26N4O3S. The van der Waals surface area contributed by atoms with Crippen molar-refractivity contribution in [2.75, 3.05) is 13.1 Å². The van der Waals surface area contributed by atoms with Gasteiger partial charge in [0.2, 0.25) is 0 Å². The van der Waals surface area contributed by atoms with E-state index in [1.165, 1.54) is 0 Å². The first-order valence-corrected chi connectivity index (χ1v) is 9.21. The fourth-order valence-corrected chi connectivity index (χ4v) is 3.64. The average Bonchev–Trinajstić information content (AvgIpc) is 2.95. The van der Waals surface area contributed by atoms with Crippen LogP contribution in [0.1, 0.15) is 50.2 Å². The minimum absolute atomic E-state index is 0.0579.